The van der Waals surface area contributed by atoms with Crippen molar-refractivity contribution in [2.45, 2.75) is 45.8 Å². The van der Waals surface area contributed by atoms with Gasteiger partial charge in [0.1, 0.15) is 5.75 Å². The van der Waals surface area contributed by atoms with E-state index < -0.39 is 0 Å². The fourth-order valence-electron chi connectivity index (χ4n) is 5.57. The van der Waals surface area contributed by atoms with E-state index in [0.29, 0.717) is 36.0 Å². The van der Waals surface area contributed by atoms with Crippen molar-refractivity contribution in [1.82, 2.24) is 14.7 Å². The van der Waals surface area contributed by atoms with E-state index in [2.05, 4.69) is 48.4 Å². The van der Waals surface area contributed by atoms with E-state index in [1.165, 1.54) is 0 Å². The number of hydrogen-bond acceptors (Lipinski definition) is 5. The van der Waals surface area contributed by atoms with Crippen LogP contribution in [-0.2, 0) is 0 Å². The number of piperazine rings is 1. The van der Waals surface area contributed by atoms with Crippen LogP contribution in [0.1, 0.15) is 65.6 Å². The molecule has 3 aromatic rings. The molecule has 0 radical (unpaired) electrons. The first kappa shape index (κ1) is 29.2. The third kappa shape index (κ3) is 6.69. The summed E-state index contributed by atoms with van der Waals surface area (Å²) in [5.74, 6) is 0.173. The molecule has 40 heavy (non-hydrogen) atoms. The maximum absolute atomic E-state index is 13.0. The van der Waals surface area contributed by atoms with Crippen LogP contribution >= 0.6 is 0 Å². The number of esters is 1. The van der Waals surface area contributed by atoms with Gasteiger partial charge in [-0.25, -0.2) is 4.79 Å². The lowest BCUT2D eigenvalue weighted by Gasteiger charge is -2.47. The molecule has 0 aliphatic carbocycles. The molecule has 210 valence electrons. The molecular weight excluding hydrogens is 498 g/mol. The molecule has 3 aromatic carbocycles. The van der Waals surface area contributed by atoms with E-state index in [1.54, 1.807) is 12.1 Å². The van der Waals surface area contributed by atoms with Crippen molar-refractivity contribution in [3.63, 3.8) is 0 Å². The van der Waals surface area contributed by atoms with E-state index >= 15 is 0 Å². The molecule has 1 aliphatic rings. The molecular formula is C34H41N3O3. The van der Waals surface area contributed by atoms with Gasteiger partial charge in [-0.15, -0.1) is 6.58 Å². The predicted octanol–water partition coefficient (Wildman–Crippen LogP) is 6.06. The number of amides is 1. The van der Waals surface area contributed by atoms with Crippen LogP contribution in [0.4, 0.5) is 0 Å². The summed E-state index contributed by atoms with van der Waals surface area (Å²) in [7, 11) is 0. The Bertz CT molecular complexity index is 1290. The minimum absolute atomic E-state index is 0.0444. The zero-order valence-electron chi connectivity index (χ0n) is 24.1. The van der Waals surface area contributed by atoms with E-state index in [4.69, 9.17) is 4.74 Å². The summed E-state index contributed by atoms with van der Waals surface area (Å²) in [6, 6.07) is 25.4. The van der Waals surface area contributed by atoms with Gasteiger partial charge in [0.15, 0.2) is 0 Å². The minimum atomic E-state index is -0.381. The van der Waals surface area contributed by atoms with E-state index in [-0.39, 0.29) is 24.0 Å². The van der Waals surface area contributed by atoms with Crippen molar-refractivity contribution in [3.05, 3.63) is 114 Å². The second-order valence-corrected chi connectivity index (χ2v) is 10.5. The first-order valence-corrected chi connectivity index (χ1v) is 14.2. The van der Waals surface area contributed by atoms with Crippen molar-refractivity contribution >= 4 is 11.9 Å². The van der Waals surface area contributed by atoms with Gasteiger partial charge >= 0.3 is 5.97 Å². The monoisotopic (exact) mass is 539 g/mol. The largest absolute Gasteiger partial charge is 0.423 e. The first-order valence-electron chi connectivity index (χ1n) is 14.2. The molecule has 3 atom stereocenters. The summed E-state index contributed by atoms with van der Waals surface area (Å²) in [5.41, 5.74) is 3.34. The van der Waals surface area contributed by atoms with Gasteiger partial charge in [-0.2, -0.15) is 0 Å². The molecule has 0 N–H and O–H groups in total. The fourth-order valence-corrected chi connectivity index (χ4v) is 5.57. The highest BCUT2D eigenvalue weighted by molar-refractivity contribution is 5.94. The van der Waals surface area contributed by atoms with E-state index in [1.807, 2.05) is 73.4 Å². The topological polar surface area (TPSA) is 53.1 Å². The molecule has 0 aromatic heterocycles. The van der Waals surface area contributed by atoms with Gasteiger partial charge in [-0.3, -0.25) is 14.6 Å². The Kier molecular flexibility index (Phi) is 9.91. The lowest BCUT2D eigenvalue weighted by atomic mass is 9.92. The third-order valence-electron chi connectivity index (χ3n) is 7.78. The van der Waals surface area contributed by atoms with Crippen LogP contribution in [-0.4, -0.2) is 71.4 Å². The van der Waals surface area contributed by atoms with Crippen LogP contribution in [0.2, 0.25) is 0 Å². The van der Waals surface area contributed by atoms with Gasteiger partial charge in [0.2, 0.25) is 0 Å². The Labute approximate surface area is 238 Å². The summed E-state index contributed by atoms with van der Waals surface area (Å²) in [6.45, 7) is 16.5. The number of benzene rings is 3. The maximum atomic E-state index is 13.0. The van der Waals surface area contributed by atoms with Gasteiger partial charge in [0, 0.05) is 50.4 Å². The molecule has 6 nitrogen and oxygen atoms in total. The minimum Gasteiger partial charge on any atom is -0.423 e. The molecule has 4 rings (SSSR count). The SMILES string of the molecule is C=CCN1C[C@@H](C)N([C@H](c2ccc(C(=O)N(CC)CC)cc2)c2cccc(OC(=O)c3ccccc3)c2)C[C@@H]1C. The summed E-state index contributed by atoms with van der Waals surface area (Å²) in [6.07, 6.45) is 1.96. The molecule has 1 aliphatic heterocycles. The van der Waals surface area contributed by atoms with Crippen LogP contribution in [0.15, 0.2) is 91.5 Å². The van der Waals surface area contributed by atoms with Crippen molar-refractivity contribution in [1.29, 1.82) is 0 Å². The lowest BCUT2D eigenvalue weighted by Crippen LogP contribution is -2.57. The van der Waals surface area contributed by atoms with Crippen LogP contribution in [0, 0.1) is 0 Å². The average Bonchev–Trinajstić information content (AvgIpc) is 2.97. The van der Waals surface area contributed by atoms with Crippen LogP contribution in [0.3, 0.4) is 0 Å². The second-order valence-electron chi connectivity index (χ2n) is 10.5. The number of carbonyl (C=O) groups is 2. The zero-order chi connectivity index (χ0) is 28.6. The molecule has 1 heterocycles. The lowest BCUT2D eigenvalue weighted by molar-refractivity contribution is 0.0306. The molecule has 1 saturated heterocycles. The second kappa shape index (κ2) is 13.6. The predicted molar refractivity (Wildman–Crippen MR) is 161 cm³/mol. The maximum Gasteiger partial charge on any atom is 0.343 e. The quantitative estimate of drug-likeness (QED) is 0.178. The number of rotatable bonds is 10. The van der Waals surface area contributed by atoms with Crippen LogP contribution in [0.25, 0.3) is 0 Å². The number of carbonyl (C=O) groups excluding carboxylic acids is 2. The Balaban J connectivity index is 1.68. The van der Waals surface area contributed by atoms with Crippen molar-refractivity contribution in [3.8, 4) is 5.75 Å². The van der Waals surface area contributed by atoms with Crippen LogP contribution < -0.4 is 4.74 Å². The van der Waals surface area contributed by atoms with Crippen molar-refractivity contribution < 1.29 is 14.3 Å². The van der Waals surface area contributed by atoms with Crippen LogP contribution in [0.5, 0.6) is 5.75 Å². The molecule has 6 heteroatoms. The van der Waals surface area contributed by atoms with E-state index in [9.17, 15) is 9.59 Å². The smallest absolute Gasteiger partial charge is 0.343 e. The highest BCUT2D eigenvalue weighted by Crippen LogP contribution is 2.35. The average molecular weight is 540 g/mol. The number of ether oxygens (including phenoxy) is 1. The Morgan fingerprint density at radius 2 is 1.60 bits per heavy atom. The van der Waals surface area contributed by atoms with E-state index in [0.717, 1.165) is 30.8 Å². The van der Waals surface area contributed by atoms with Gasteiger partial charge in [0.05, 0.1) is 11.6 Å². The van der Waals surface area contributed by atoms with Crippen molar-refractivity contribution in [2.75, 3.05) is 32.7 Å². The first-order chi connectivity index (χ1) is 19.4. The molecule has 0 saturated carbocycles. The number of nitrogens with zero attached hydrogens (tertiary/aromatic N) is 3. The Morgan fingerprint density at radius 1 is 0.900 bits per heavy atom. The molecule has 0 bridgehead atoms. The molecule has 0 spiro atoms. The summed E-state index contributed by atoms with van der Waals surface area (Å²) >= 11 is 0. The Morgan fingerprint density at radius 3 is 2.25 bits per heavy atom. The highest BCUT2D eigenvalue weighted by atomic mass is 16.5. The molecule has 0 unspecified atom stereocenters. The standard InChI is InChI=1S/C34H41N3O3/c1-6-21-36-23-26(5)37(24-25(36)4)32(27-17-19-28(20-18-27)33(38)35(7-2)8-3)30-15-12-16-31(22-30)40-34(39)29-13-10-9-11-14-29/h6,9-20,22,25-26,32H,1,7-8,21,23-24H2,2-5H3/t25-,26+,32+/m0/s1. The summed E-state index contributed by atoms with van der Waals surface area (Å²) in [4.78, 5) is 32.6. The fraction of sp³-hybridized carbons (Fsp3) is 0.353. The van der Waals surface area contributed by atoms with Gasteiger partial charge in [-0.1, -0.05) is 48.5 Å². The van der Waals surface area contributed by atoms with Gasteiger partial charge < -0.3 is 9.64 Å². The third-order valence-corrected chi connectivity index (χ3v) is 7.78. The molecule has 1 amide bonds. The summed E-state index contributed by atoms with van der Waals surface area (Å²) < 4.78 is 5.79. The Hall–Kier alpha value is -3.74. The summed E-state index contributed by atoms with van der Waals surface area (Å²) in [5, 5.41) is 0. The van der Waals surface area contributed by atoms with Crippen molar-refractivity contribution in [2.24, 2.45) is 0 Å². The normalized spacial score (nSPS) is 18.6. The zero-order valence-corrected chi connectivity index (χ0v) is 24.1. The van der Waals surface area contributed by atoms with Gasteiger partial charge in [-0.05, 0) is 75.2 Å². The molecule has 1 fully saturated rings. The van der Waals surface area contributed by atoms with Gasteiger partial charge in [0.25, 0.3) is 5.91 Å². The highest BCUT2D eigenvalue weighted by Gasteiger charge is 2.34. The number of hydrogen-bond donors (Lipinski definition) is 0.